The van der Waals surface area contributed by atoms with Crippen LogP contribution in [0.15, 0.2) is 39.6 Å². The molecule has 0 aliphatic carbocycles. The maximum Gasteiger partial charge on any atom is 0.383 e. The van der Waals surface area contributed by atoms with Gasteiger partial charge in [0.1, 0.15) is 0 Å². The third-order valence-corrected chi connectivity index (χ3v) is 5.20. The zero-order valence-corrected chi connectivity index (χ0v) is 19.4. The predicted molar refractivity (Wildman–Crippen MR) is 127 cm³/mol. The van der Waals surface area contributed by atoms with E-state index in [4.69, 9.17) is 18.6 Å². The van der Waals surface area contributed by atoms with Crippen molar-refractivity contribution in [3.63, 3.8) is 0 Å². The second-order valence-corrected chi connectivity index (χ2v) is 7.72. The number of para-hydroxylation sites is 1. The summed E-state index contributed by atoms with van der Waals surface area (Å²) in [6.45, 7) is 5.38. The fourth-order valence-electron chi connectivity index (χ4n) is 3.52. The summed E-state index contributed by atoms with van der Waals surface area (Å²) in [5.41, 5.74) is -0.151. The minimum absolute atomic E-state index is 0.107. The van der Waals surface area contributed by atoms with Gasteiger partial charge < -0.3 is 18.6 Å². The van der Waals surface area contributed by atoms with Crippen LogP contribution in [0.5, 0.6) is 17.2 Å². The van der Waals surface area contributed by atoms with E-state index in [1.54, 1.807) is 0 Å². The zero-order chi connectivity index (χ0) is 22.3. The summed E-state index contributed by atoms with van der Waals surface area (Å²) in [5, 5.41) is 0.692. The molecule has 1 heterocycles. The van der Waals surface area contributed by atoms with Gasteiger partial charge in [-0.05, 0) is 31.4 Å². The van der Waals surface area contributed by atoms with E-state index >= 15 is 0 Å². The van der Waals surface area contributed by atoms with Crippen molar-refractivity contribution < 1.29 is 18.6 Å². The molecule has 0 amide bonds. The van der Waals surface area contributed by atoms with Crippen LogP contribution in [-0.2, 0) is 0 Å². The Labute approximate surface area is 186 Å². The van der Waals surface area contributed by atoms with Crippen LogP contribution < -0.4 is 19.8 Å². The summed E-state index contributed by atoms with van der Waals surface area (Å²) >= 11 is 0. The van der Waals surface area contributed by atoms with E-state index in [1.807, 2.05) is 18.2 Å². The van der Waals surface area contributed by atoms with Gasteiger partial charge in [0.25, 0.3) is 0 Å². The molecule has 0 aliphatic heterocycles. The number of benzene rings is 1. The van der Waals surface area contributed by atoms with Crippen LogP contribution in [0.2, 0.25) is 0 Å². The van der Waals surface area contributed by atoms with Crippen LogP contribution in [0.25, 0.3) is 11.0 Å². The van der Waals surface area contributed by atoms with Crippen molar-refractivity contribution in [2.24, 2.45) is 0 Å². The van der Waals surface area contributed by atoms with E-state index in [-0.39, 0.29) is 5.75 Å². The molecule has 0 saturated carbocycles. The molecule has 0 spiro atoms. The fourth-order valence-corrected chi connectivity index (χ4v) is 3.52. The van der Waals surface area contributed by atoms with Gasteiger partial charge in [0.15, 0.2) is 17.1 Å². The topological polar surface area (TPSA) is 57.9 Å². The fraction of sp³-hybridized carbons (Fsp3) is 0.577. The van der Waals surface area contributed by atoms with Gasteiger partial charge in [0.05, 0.1) is 25.7 Å². The van der Waals surface area contributed by atoms with Crippen molar-refractivity contribution in [2.45, 2.75) is 78.1 Å². The van der Waals surface area contributed by atoms with Crippen molar-refractivity contribution in [3.05, 3.63) is 40.8 Å². The number of allylic oxidation sites excluding steroid dienone is 1. The maximum atomic E-state index is 12.5. The highest BCUT2D eigenvalue weighted by atomic mass is 16.5. The van der Waals surface area contributed by atoms with Gasteiger partial charge in [-0.1, -0.05) is 77.0 Å². The molecular weight excluding hydrogens is 392 g/mol. The quantitative estimate of drug-likeness (QED) is 0.162. The number of hydrogen-bond donors (Lipinski definition) is 0. The molecule has 0 atom stereocenters. The van der Waals surface area contributed by atoms with Crippen LogP contribution in [0, 0.1) is 0 Å². The number of unbranched alkanes of at least 4 members (excludes halogenated alkanes) is 7. The summed E-state index contributed by atoms with van der Waals surface area (Å²) in [6, 6.07) is 5.56. The van der Waals surface area contributed by atoms with Crippen molar-refractivity contribution in [1.82, 2.24) is 0 Å². The second-order valence-electron chi connectivity index (χ2n) is 7.72. The molecule has 0 bridgehead atoms. The first-order chi connectivity index (χ1) is 15.2. The lowest BCUT2D eigenvalue weighted by atomic mass is 10.1. The van der Waals surface area contributed by atoms with E-state index < -0.39 is 5.63 Å². The van der Waals surface area contributed by atoms with E-state index in [0.29, 0.717) is 35.7 Å². The van der Waals surface area contributed by atoms with E-state index in [1.165, 1.54) is 45.6 Å². The lowest BCUT2D eigenvalue weighted by molar-refractivity contribution is 0.278. The molecule has 172 valence electrons. The molecule has 2 aromatic rings. The Bertz CT molecular complexity index is 853. The largest absolute Gasteiger partial charge is 0.489 e. The molecule has 0 fully saturated rings. The molecule has 0 saturated heterocycles. The van der Waals surface area contributed by atoms with Crippen LogP contribution in [0.1, 0.15) is 78.1 Å². The second kappa shape index (κ2) is 14.6. The lowest BCUT2D eigenvalue weighted by Gasteiger charge is -2.14. The minimum Gasteiger partial charge on any atom is -0.489 e. The third kappa shape index (κ3) is 7.97. The molecule has 5 nitrogen and oxygen atoms in total. The molecule has 1 aromatic heterocycles. The maximum absolute atomic E-state index is 12.5. The summed E-state index contributed by atoms with van der Waals surface area (Å²) < 4.78 is 22.7. The van der Waals surface area contributed by atoms with Crippen LogP contribution in [0.4, 0.5) is 0 Å². The van der Waals surface area contributed by atoms with Crippen molar-refractivity contribution in [3.8, 4) is 17.2 Å². The molecular formula is C26H38O5. The first kappa shape index (κ1) is 24.8. The average molecular weight is 431 g/mol. The highest BCUT2D eigenvalue weighted by Crippen LogP contribution is 2.36. The first-order valence-electron chi connectivity index (χ1n) is 11.8. The molecule has 5 heteroatoms. The average Bonchev–Trinajstić information content (AvgIpc) is 2.78. The van der Waals surface area contributed by atoms with E-state index in [9.17, 15) is 4.79 Å². The Hall–Kier alpha value is -2.43. The van der Waals surface area contributed by atoms with Gasteiger partial charge in [-0.3, -0.25) is 0 Å². The highest BCUT2D eigenvalue weighted by molar-refractivity contribution is 5.89. The molecule has 0 radical (unpaired) electrons. The normalized spacial score (nSPS) is 11.3. The Kier molecular flexibility index (Phi) is 11.7. The smallest absolute Gasteiger partial charge is 0.383 e. The lowest BCUT2D eigenvalue weighted by Crippen LogP contribution is -2.09. The van der Waals surface area contributed by atoms with E-state index in [2.05, 4.69) is 26.0 Å². The first-order valence-corrected chi connectivity index (χ1v) is 11.8. The summed E-state index contributed by atoms with van der Waals surface area (Å²) in [4.78, 5) is 12.5. The summed E-state index contributed by atoms with van der Waals surface area (Å²) in [6.07, 6.45) is 15.8. The van der Waals surface area contributed by atoms with Gasteiger partial charge in [0, 0.05) is 0 Å². The monoisotopic (exact) mass is 430 g/mol. The van der Waals surface area contributed by atoms with Crippen molar-refractivity contribution in [2.75, 3.05) is 20.3 Å². The van der Waals surface area contributed by atoms with Gasteiger partial charge in [-0.2, -0.15) is 0 Å². The summed E-state index contributed by atoms with van der Waals surface area (Å²) in [7, 11) is 1.46. The SMILES string of the molecule is CC/C=C/CCOc1cccc2c(OCCCCCCCCCC)c(OC)c(=O)oc12. The Morgan fingerprint density at radius 2 is 1.61 bits per heavy atom. The van der Waals surface area contributed by atoms with Crippen molar-refractivity contribution in [1.29, 1.82) is 0 Å². The van der Waals surface area contributed by atoms with Gasteiger partial charge in [0.2, 0.25) is 5.75 Å². The zero-order valence-electron chi connectivity index (χ0n) is 19.4. The van der Waals surface area contributed by atoms with Crippen LogP contribution >= 0.6 is 0 Å². The number of hydrogen-bond acceptors (Lipinski definition) is 5. The summed E-state index contributed by atoms with van der Waals surface area (Å²) in [5.74, 6) is 1.09. The number of rotatable bonds is 16. The number of methoxy groups -OCH3 is 1. The highest BCUT2D eigenvalue weighted by Gasteiger charge is 2.19. The Morgan fingerprint density at radius 1 is 0.871 bits per heavy atom. The molecule has 2 rings (SSSR count). The predicted octanol–water partition coefficient (Wildman–Crippen LogP) is 7.06. The van der Waals surface area contributed by atoms with Gasteiger partial charge in [-0.25, -0.2) is 4.79 Å². The number of ether oxygens (including phenoxy) is 3. The molecule has 0 unspecified atom stereocenters. The third-order valence-electron chi connectivity index (χ3n) is 5.20. The van der Waals surface area contributed by atoms with Gasteiger partial charge >= 0.3 is 5.63 Å². The standard InChI is InChI=1S/C26H38O5/c1-4-6-8-10-11-12-13-15-20-30-24-21-17-16-18-22(29-19-14-9-7-5-2)23(21)31-26(27)25(24)28-3/h7,9,16-18H,4-6,8,10-15,19-20H2,1-3H3/b9-7+. The Morgan fingerprint density at radius 3 is 2.32 bits per heavy atom. The van der Waals surface area contributed by atoms with Crippen LogP contribution in [0.3, 0.4) is 0 Å². The van der Waals surface area contributed by atoms with Gasteiger partial charge in [-0.15, -0.1) is 0 Å². The minimum atomic E-state index is -0.553. The molecule has 1 aromatic carbocycles. The van der Waals surface area contributed by atoms with Crippen LogP contribution in [-0.4, -0.2) is 20.3 Å². The Balaban J connectivity index is 2.02. The number of fused-ring (bicyclic) bond motifs is 1. The molecule has 31 heavy (non-hydrogen) atoms. The molecule has 0 N–H and O–H groups in total. The molecule has 0 aliphatic rings. The van der Waals surface area contributed by atoms with E-state index in [0.717, 1.165) is 25.7 Å². The van der Waals surface area contributed by atoms with Crippen molar-refractivity contribution >= 4 is 11.0 Å².